The van der Waals surface area contributed by atoms with Crippen LogP contribution in [0.1, 0.15) is 87.2 Å². The molecule has 0 spiro atoms. The zero-order chi connectivity index (χ0) is 16.9. The molecule has 2 aliphatic carbocycles. The lowest BCUT2D eigenvalue weighted by Gasteiger charge is -2.24. The van der Waals surface area contributed by atoms with Gasteiger partial charge < -0.3 is 0 Å². The molecule has 1 atom stereocenters. The molecule has 2 aromatic carbocycles. The highest BCUT2D eigenvalue weighted by atomic mass is 31.1. The van der Waals surface area contributed by atoms with Gasteiger partial charge in [-0.15, -0.1) is 0 Å². The Morgan fingerprint density at radius 3 is 1.88 bits per heavy atom. The molecule has 4 rings (SSSR count). The van der Waals surface area contributed by atoms with E-state index < -0.39 is 0 Å². The van der Waals surface area contributed by atoms with Crippen molar-refractivity contribution in [3.05, 3.63) is 59.7 Å². The minimum atomic E-state index is 0.805. The summed E-state index contributed by atoms with van der Waals surface area (Å²) >= 11 is 0. The molecule has 0 heterocycles. The second kappa shape index (κ2) is 8.50. The molecule has 0 radical (unpaired) electrons. The van der Waals surface area contributed by atoms with Crippen molar-refractivity contribution in [2.45, 2.75) is 76.0 Å². The van der Waals surface area contributed by atoms with E-state index in [9.17, 15) is 0 Å². The predicted octanol–water partition coefficient (Wildman–Crippen LogP) is 6.41. The fourth-order valence-electron chi connectivity index (χ4n) is 4.81. The van der Waals surface area contributed by atoms with Crippen LogP contribution in [-0.4, -0.2) is 0 Å². The van der Waals surface area contributed by atoms with Gasteiger partial charge in [0.25, 0.3) is 0 Å². The van der Waals surface area contributed by atoms with Crippen LogP contribution >= 0.6 is 8.58 Å². The van der Waals surface area contributed by atoms with E-state index in [2.05, 4.69) is 48.5 Å². The third-order valence-corrected chi connectivity index (χ3v) is 7.62. The fourth-order valence-corrected chi connectivity index (χ4v) is 6.07. The van der Waals surface area contributed by atoms with E-state index in [0.717, 1.165) is 20.4 Å². The fraction of sp³-hybridized carbons (Fsp3) is 0.500. The molecular weight excluding hydrogens is 319 g/mol. The molecule has 0 aromatic heterocycles. The van der Waals surface area contributed by atoms with Crippen molar-refractivity contribution in [1.82, 2.24) is 0 Å². The summed E-state index contributed by atoms with van der Waals surface area (Å²) in [6.45, 7) is 0. The lowest BCUT2D eigenvalue weighted by molar-refractivity contribution is 0.443. The van der Waals surface area contributed by atoms with Gasteiger partial charge in [0.05, 0.1) is 0 Å². The zero-order valence-electron chi connectivity index (χ0n) is 15.3. The normalized spacial score (nSPS) is 20.3. The van der Waals surface area contributed by atoms with Crippen molar-refractivity contribution in [3.63, 3.8) is 0 Å². The molecule has 0 amide bonds. The summed E-state index contributed by atoms with van der Waals surface area (Å²) < 4.78 is 0. The summed E-state index contributed by atoms with van der Waals surface area (Å²) in [5, 5.41) is 3.09. The Balaban J connectivity index is 1.48. The molecule has 2 fully saturated rings. The van der Waals surface area contributed by atoms with Crippen LogP contribution in [0.25, 0.3) is 0 Å². The molecule has 132 valence electrons. The van der Waals surface area contributed by atoms with Gasteiger partial charge in [-0.3, -0.25) is 0 Å². The Kier molecular flexibility index (Phi) is 5.88. The van der Waals surface area contributed by atoms with Gasteiger partial charge in [-0.05, 0) is 59.3 Å². The topological polar surface area (TPSA) is 0 Å². The van der Waals surface area contributed by atoms with Crippen LogP contribution in [0.5, 0.6) is 0 Å². The number of hydrogen-bond acceptors (Lipinski definition) is 0. The first-order chi connectivity index (χ1) is 12.4. The van der Waals surface area contributed by atoms with Crippen LogP contribution in [0.2, 0.25) is 0 Å². The lowest BCUT2D eigenvalue weighted by Crippen LogP contribution is -2.15. The Morgan fingerprint density at radius 2 is 1.20 bits per heavy atom. The quantitative estimate of drug-likeness (QED) is 0.559. The second-order valence-corrected chi connectivity index (χ2v) is 9.37. The molecule has 1 unspecified atom stereocenters. The van der Waals surface area contributed by atoms with Gasteiger partial charge in [-0.25, -0.2) is 0 Å². The van der Waals surface area contributed by atoms with E-state index in [4.69, 9.17) is 0 Å². The molecule has 2 saturated carbocycles. The molecule has 0 bridgehead atoms. The van der Waals surface area contributed by atoms with Crippen molar-refractivity contribution in [1.29, 1.82) is 0 Å². The standard InChI is InChI=1S/C24H31P/c1-3-9-19(10-4-1)20-15-17-22(18-16-20)25-24-14-8-7-13-23(24)21-11-5-2-6-12-21/h7-8,13-19,21,25H,1-6,9-12H2. The zero-order valence-corrected chi connectivity index (χ0v) is 16.3. The Hall–Kier alpha value is -1.13. The maximum absolute atomic E-state index is 2.42. The molecule has 1 heteroatoms. The average Bonchev–Trinajstić information content (AvgIpc) is 2.70. The summed E-state index contributed by atoms with van der Waals surface area (Å²) in [5.74, 6) is 1.62. The molecule has 0 nitrogen and oxygen atoms in total. The Labute approximate surface area is 155 Å². The summed E-state index contributed by atoms with van der Waals surface area (Å²) in [5.41, 5.74) is 3.21. The van der Waals surface area contributed by atoms with Gasteiger partial charge >= 0.3 is 0 Å². The van der Waals surface area contributed by atoms with Gasteiger partial charge in [-0.1, -0.05) is 95.6 Å². The average molecular weight is 350 g/mol. The van der Waals surface area contributed by atoms with Crippen LogP contribution in [0, 0.1) is 0 Å². The van der Waals surface area contributed by atoms with Crippen molar-refractivity contribution in [3.8, 4) is 0 Å². The second-order valence-electron chi connectivity index (χ2n) is 8.00. The van der Waals surface area contributed by atoms with Crippen LogP contribution in [0.4, 0.5) is 0 Å². The van der Waals surface area contributed by atoms with Gasteiger partial charge in [0.1, 0.15) is 0 Å². The number of rotatable bonds is 4. The van der Waals surface area contributed by atoms with Gasteiger partial charge in [0.2, 0.25) is 0 Å². The van der Waals surface area contributed by atoms with Crippen molar-refractivity contribution in [2.75, 3.05) is 0 Å². The first-order valence-electron chi connectivity index (χ1n) is 10.4. The Bertz CT molecular complexity index is 661. The van der Waals surface area contributed by atoms with Gasteiger partial charge in [-0.2, -0.15) is 0 Å². The van der Waals surface area contributed by atoms with Crippen molar-refractivity contribution >= 4 is 19.2 Å². The number of hydrogen-bond donors (Lipinski definition) is 0. The van der Waals surface area contributed by atoms with Gasteiger partial charge in [0.15, 0.2) is 0 Å². The first kappa shape index (κ1) is 17.3. The first-order valence-corrected chi connectivity index (χ1v) is 11.4. The molecule has 0 saturated heterocycles. The van der Waals surface area contributed by atoms with Crippen molar-refractivity contribution < 1.29 is 0 Å². The molecule has 2 aromatic rings. The summed E-state index contributed by atoms with van der Waals surface area (Å²) in [6.07, 6.45) is 14.1. The Morgan fingerprint density at radius 1 is 0.600 bits per heavy atom. The summed E-state index contributed by atoms with van der Waals surface area (Å²) in [7, 11) is 0.805. The molecule has 25 heavy (non-hydrogen) atoms. The third-order valence-electron chi connectivity index (χ3n) is 6.27. The summed E-state index contributed by atoms with van der Waals surface area (Å²) in [6, 6.07) is 18.9. The monoisotopic (exact) mass is 350 g/mol. The van der Waals surface area contributed by atoms with E-state index in [0.29, 0.717) is 0 Å². The van der Waals surface area contributed by atoms with E-state index in [1.807, 2.05) is 0 Å². The minimum absolute atomic E-state index is 0.805. The minimum Gasteiger partial charge on any atom is -0.0619 e. The maximum atomic E-state index is 2.42. The smallest absolute Gasteiger partial charge is 0.0156 e. The molecular formula is C24H31P. The van der Waals surface area contributed by atoms with Crippen molar-refractivity contribution in [2.24, 2.45) is 0 Å². The SMILES string of the molecule is c1ccc(C2CCCCC2)c(Pc2ccc(C3CCCCC3)cc2)c1. The molecule has 0 N–H and O–H groups in total. The van der Waals surface area contributed by atoms with E-state index >= 15 is 0 Å². The van der Waals surface area contributed by atoms with Crippen LogP contribution < -0.4 is 10.6 Å². The predicted molar refractivity (Wildman–Crippen MR) is 112 cm³/mol. The largest absolute Gasteiger partial charge is 0.0619 e. The summed E-state index contributed by atoms with van der Waals surface area (Å²) in [4.78, 5) is 0. The van der Waals surface area contributed by atoms with Crippen LogP contribution in [0.3, 0.4) is 0 Å². The molecule has 0 aliphatic heterocycles. The van der Waals surface area contributed by atoms with E-state index in [1.165, 1.54) is 69.5 Å². The van der Waals surface area contributed by atoms with Crippen LogP contribution in [0.15, 0.2) is 48.5 Å². The highest BCUT2D eigenvalue weighted by molar-refractivity contribution is 7.55. The maximum Gasteiger partial charge on any atom is -0.0156 e. The van der Waals surface area contributed by atoms with E-state index in [-0.39, 0.29) is 0 Å². The van der Waals surface area contributed by atoms with Gasteiger partial charge in [0, 0.05) is 0 Å². The van der Waals surface area contributed by atoms with Crippen LogP contribution in [-0.2, 0) is 0 Å². The highest BCUT2D eigenvalue weighted by Gasteiger charge is 2.19. The number of benzene rings is 2. The highest BCUT2D eigenvalue weighted by Crippen LogP contribution is 2.34. The third kappa shape index (κ3) is 4.35. The molecule has 2 aliphatic rings. The lowest BCUT2D eigenvalue weighted by atomic mass is 9.84. The van der Waals surface area contributed by atoms with E-state index in [1.54, 1.807) is 16.4 Å².